The Kier molecular flexibility index (Phi) is 8.28. The number of pyridine rings is 1. The zero-order valence-corrected chi connectivity index (χ0v) is 23.2. The first-order valence-corrected chi connectivity index (χ1v) is 13.8. The van der Waals surface area contributed by atoms with E-state index in [-0.39, 0.29) is 62.4 Å². The van der Waals surface area contributed by atoms with Crippen LogP contribution in [0, 0.1) is 17.1 Å². The van der Waals surface area contributed by atoms with Gasteiger partial charge in [0, 0.05) is 44.3 Å². The largest absolute Gasteiger partial charge is 0.475 e. The van der Waals surface area contributed by atoms with Crippen LogP contribution in [0.25, 0.3) is 0 Å². The Bertz CT molecular complexity index is 1420. The van der Waals surface area contributed by atoms with Crippen LogP contribution >= 0.6 is 0 Å². The highest BCUT2D eigenvalue weighted by Gasteiger charge is 2.40. The van der Waals surface area contributed by atoms with Crippen LogP contribution in [0.1, 0.15) is 35.2 Å². The maximum atomic E-state index is 14.4. The van der Waals surface area contributed by atoms with Crippen molar-refractivity contribution >= 4 is 17.3 Å². The number of carbonyl (C=O) groups is 1. The highest BCUT2D eigenvalue weighted by molar-refractivity contribution is 5.90. The van der Waals surface area contributed by atoms with Gasteiger partial charge in [0.25, 0.3) is 5.91 Å². The van der Waals surface area contributed by atoms with Crippen molar-refractivity contribution in [2.24, 2.45) is 0 Å². The van der Waals surface area contributed by atoms with E-state index in [1.165, 1.54) is 21.9 Å². The molecule has 1 atom stereocenters. The van der Waals surface area contributed by atoms with Crippen molar-refractivity contribution < 1.29 is 31.5 Å². The first-order valence-electron chi connectivity index (χ1n) is 13.8. The van der Waals surface area contributed by atoms with Gasteiger partial charge in [-0.3, -0.25) is 4.79 Å². The molecule has 0 saturated carbocycles. The van der Waals surface area contributed by atoms with E-state index in [2.05, 4.69) is 22.5 Å². The van der Waals surface area contributed by atoms with Crippen molar-refractivity contribution in [1.82, 2.24) is 14.8 Å². The number of aromatic nitrogens is 1. The number of hydrogen-bond acceptors (Lipinski definition) is 7. The van der Waals surface area contributed by atoms with Crippen LogP contribution in [0.4, 0.5) is 33.3 Å². The number of benzene rings is 1. The summed E-state index contributed by atoms with van der Waals surface area (Å²) in [6.07, 6.45) is -2.73. The molecular weight excluding hydrogens is 559 g/mol. The number of halogens is 5. The summed E-state index contributed by atoms with van der Waals surface area (Å²) in [7, 11) is 1.99. The number of piperazine rings is 1. The van der Waals surface area contributed by atoms with Gasteiger partial charge in [0.2, 0.25) is 5.88 Å². The molecule has 2 saturated heterocycles. The lowest BCUT2D eigenvalue weighted by Crippen LogP contribution is -2.49. The van der Waals surface area contributed by atoms with Crippen molar-refractivity contribution in [2.75, 3.05) is 62.7 Å². The van der Waals surface area contributed by atoms with Crippen LogP contribution < -0.4 is 14.5 Å². The second-order valence-corrected chi connectivity index (χ2v) is 10.8. The second kappa shape index (κ2) is 11.8. The first kappa shape index (κ1) is 29.6. The van der Waals surface area contributed by atoms with E-state index < -0.39 is 29.3 Å². The highest BCUT2D eigenvalue weighted by Crippen LogP contribution is 2.42. The van der Waals surface area contributed by atoms with Gasteiger partial charge < -0.3 is 24.3 Å². The van der Waals surface area contributed by atoms with E-state index >= 15 is 0 Å². The Morgan fingerprint density at radius 1 is 1.17 bits per heavy atom. The van der Waals surface area contributed by atoms with E-state index in [4.69, 9.17) is 4.74 Å². The summed E-state index contributed by atoms with van der Waals surface area (Å²) in [5, 5.41) is 10.3. The molecule has 2 aromatic rings. The van der Waals surface area contributed by atoms with E-state index in [1.54, 1.807) is 0 Å². The smallest absolute Gasteiger partial charge is 0.421 e. The Morgan fingerprint density at radius 2 is 1.90 bits per heavy atom. The van der Waals surface area contributed by atoms with Crippen LogP contribution in [0.3, 0.4) is 0 Å². The highest BCUT2D eigenvalue weighted by atomic mass is 19.4. The van der Waals surface area contributed by atoms with E-state index in [0.717, 1.165) is 25.5 Å². The maximum absolute atomic E-state index is 14.4. The van der Waals surface area contributed by atoms with Gasteiger partial charge in [-0.2, -0.15) is 18.4 Å². The topological polar surface area (TPSA) is 75.9 Å². The number of carbonyl (C=O) groups excluding carboxylic acids is 1. The van der Waals surface area contributed by atoms with Gasteiger partial charge >= 0.3 is 6.18 Å². The van der Waals surface area contributed by atoms with E-state index in [9.17, 15) is 32.0 Å². The van der Waals surface area contributed by atoms with Gasteiger partial charge in [-0.1, -0.05) is 12.6 Å². The second-order valence-electron chi connectivity index (χ2n) is 10.8. The molecule has 1 amide bonds. The standard InChI is InChI=1S/C29H31F5N6O2/c1-18(30)28(41)39-13-11-38(12-14-39)26-20-8-10-40(24-7-3-6-22(31)25(24)29(32,33)34)16-23(20)36-27(21(26)15-35)42-17-19-5-4-9-37(19)2/h3,6-7,19H,1,4-5,8-14,16-17H2,2H3/t19-/m0/s1. The minimum atomic E-state index is -4.90. The number of rotatable bonds is 6. The zero-order valence-electron chi connectivity index (χ0n) is 23.2. The van der Waals surface area contributed by atoms with Gasteiger partial charge in [-0.25, -0.2) is 13.8 Å². The molecule has 0 N–H and O–H groups in total. The maximum Gasteiger partial charge on any atom is 0.421 e. The molecule has 0 unspecified atom stereocenters. The summed E-state index contributed by atoms with van der Waals surface area (Å²) in [6.45, 7) is 5.32. The van der Waals surface area contributed by atoms with Crippen LogP contribution in [0.5, 0.6) is 5.88 Å². The minimum absolute atomic E-state index is 0.0552. The lowest BCUT2D eigenvalue weighted by atomic mass is 9.97. The number of likely N-dealkylation sites (tertiary alicyclic amines) is 1. The lowest BCUT2D eigenvalue weighted by Gasteiger charge is -2.39. The van der Waals surface area contributed by atoms with Crippen molar-refractivity contribution in [2.45, 2.75) is 38.0 Å². The molecule has 4 heterocycles. The molecule has 0 aliphatic carbocycles. The van der Waals surface area contributed by atoms with E-state index in [0.29, 0.717) is 30.0 Å². The zero-order chi connectivity index (χ0) is 30.2. The van der Waals surface area contributed by atoms with Crippen molar-refractivity contribution in [3.05, 3.63) is 58.8 Å². The Balaban J connectivity index is 1.52. The summed E-state index contributed by atoms with van der Waals surface area (Å²) < 4.78 is 75.5. The van der Waals surface area contributed by atoms with Crippen molar-refractivity contribution in [3.63, 3.8) is 0 Å². The number of ether oxygens (including phenoxy) is 1. The molecule has 1 aromatic heterocycles. The SMILES string of the molecule is C=C(F)C(=O)N1CCN(c2c(C#N)c(OC[C@@H]3CCCN3C)nc3c2CCN(c2cccc(F)c2C(F)(F)F)C3)CC1. The number of nitriles is 1. The fourth-order valence-electron chi connectivity index (χ4n) is 6.02. The summed E-state index contributed by atoms with van der Waals surface area (Å²) in [6, 6.07) is 5.61. The summed E-state index contributed by atoms with van der Waals surface area (Å²) in [5.74, 6) is -3.11. The Morgan fingerprint density at radius 3 is 2.52 bits per heavy atom. The number of anilines is 2. The summed E-state index contributed by atoms with van der Waals surface area (Å²) >= 11 is 0. The van der Waals surface area contributed by atoms with Gasteiger partial charge in [-0.15, -0.1) is 0 Å². The number of fused-ring (bicyclic) bond motifs is 1. The van der Waals surface area contributed by atoms with Crippen molar-refractivity contribution in [3.8, 4) is 11.9 Å². The molecule has 0 radical (unpaired) electrons. The average Bonchev–Trinajstić information content (AvgIpc) is 3.38. The Labute approximate surface area is 240 Å². The quantitative estimate of drug-likeness (QED) is 0.367. The number of alkyl halides is 3. The van der Waals surface area contributed by atoms with Crippen LogP contribution in [0.15, 0.2) is 30.6 Å². The molecule has 224 valence electrons. The third kappa shape index (κ3) is 5.72. The molecular formula is C29H31F5N6O2. The first-order chi connectivity index (χ1) is 20.0. The van der Waals surface area contributed by atoms with Gasteiger partial charge in [0.15, 0.2) is 5.83 Å². The van der Waals surface area contributed by atoms with Gasteiger partial charge in [0.05, 0.1) is 23.6 Å². The predicted octanol–water partition coefficient (Wildman–Crippen LogP) is 4.28. The monoisotopic (exact) mass is 590 g/mol. The normalized spacial score (nSPS) is 19.5. The minimum Gasteiger partial charge on any atom is -0.475 e. The third-order valence-corrected chi connectivity index (χ3v) is 8.22. The molecule has 5 rings (SSSR count). The number of likely N-dealkylation sites (N-methyl/N-ethyl adjacent to an activating group) is 1. The molecule has 3 aliphatic heterocycles. The van der Waals surface area contributed by atoms with Crippen molar-refractivity contribution in [1.29, 1.82) is 5.26 Å². The lowest BCUT2D eigenvalue weighted by molar-refractivity contribution is -0.139. The molecule has 0 spiro atoms. The van der Waals surface area contributed by atoms with Crippen LogP contribution in [-0.2, 0) is 23.9 Å². The number of nitrogens with zero attached hydrogens (tertiary/aromatic N) is 6. The molecule has 8 nitrogen and oxygen atoms in total. The molecule has 42 heavy (non-hydrogen) atoms. The van der Waals surface area contributed by atoms with Crippen LogP contribution in [-0.4, -0.2) is 79.7 Å². The summed E-state index contributed by atoms with van der Waals surface area (Å²) in [4.78, 5) is 23.6. The molecule has 0 bridgehead atoms. The number of hydrogen-bond donors (Lipinski definition) is 0. The number of amides is 1. The fourth-order valence-corrected chi connectivity index (χ4v) is 6.02. The van der Waals surface area contributed by atoms with E-state index in [1.807, 2.05) is 11.9 Å². The summed E-state index contributed by atoms with van der Waals surface area (Å²) in [5.41, 5.74) is 0.260. The predicted molar refractivity (Wildman–Crippen MR) is 145 cm³/mol. The molecule has 2 fully saturated rings. The fraction of sp³-hybridized carbons (Fsp3) is 0.483. The van der Waals surface area contributed by atoms with Gasteiger partial charge in [0.1, 0.15) is 29.6 Å². The van der Waals surface area contributed by atoms with Gasteiger partial charge in [-0.05, 0) is 45.0 Å². The van der Waals surface area contributed by atoms with Crippen LogP contribution in [0.2, 0.25) is 0 Å². The molecule has 13 heteroatoms. The molecule has 3 aliphatic rings. The third-order valence-electron chi connectivity index (χ3n) is 8.22. The Hall–Kier alpha value is -3.92. The average molecular weight is 591 g/mol. The molecule has 1 aromatic carbocycles.